The molecule has 0 unspecified atom stereocenters. The lowest BCUT2D eigenvalue weighted by molar-refractivity contribution is -0.383. The highest BCUT2D eigenvalue weighted by Gasteiger charge is 2.21. The number of sulfonamides is 1. The summed E-state index contributed by atoms with van der Waals surface area (Å²) in [6, 6.07) is 11.8. The van der Waals surface area contributed by atoms with E-state index in [1.54, 1.807) is 18.2 Å². The summed E-state index contributed by atoms with van der Waals surface area (Å²) in [7, 11) is -3.90. The van der Waals surface area contributed by atoms with E-state index in [1.807, 2.05) is 0 Å². The lowest BCUT2D eigenvalue weighted by atomic mass is 10.3. The molecule has 2 aromatic carbocycles. The highest BCUT2D eigenvalue weighted by molar-refractivity contribution is 9.10. The van der Waals surface area contributed by atoms with Gasteiger partial charge in [-0.3, -0.25) is 14.8 Å². The van der Waals surface area contributed by atoms with E-state index in [0.29, 0.717) is 4.47 Å². The molecule has 0 saturated heterocycles. The van der Waals surface area contributed by atoms with Gasteiger partial charge in [-0.15, -0.1) is 0 Å². The van der Waals surface area contributed by atoms with Crippen molar-refractivity contribution in [3.05, 3.63) is 63.1 Å². The average molecular weight is 357 g/mol. The Morgan fingerprint density at radius 1 is 1.05 bits per heavy atom. The molecule has 1 N–H and O–H groups in total. The van der Waals surface area contributed by atoms with E-state index in [-0.39, 0.29) is 16.3 Å². The Kier molecular flexibility index (Phi) is 4.05. The molecule has 0 aliphatic rings. The summed E-state index contributed by atoms with van der Waals surface area (Å²) in [5.74, 6) is 0. The number of nitro groups is 1. The van der Waals surface area contributed by atoms with Gasteiger partial charge < -0.3 is 0 Å². The highest BCUT2D eigenvalue weighted by Crippen LogP contribution is 2.28. The molecule has 0 heterocycles. The Hall–Kier alpha value is -1.93. The average Bonchev–Trinajstić information content (AvgIpc) is 2.39. The number of nitrogens with one attached hydrogen (secondary N) is 1. The number of hydrogen-bond donors (Lipinski definition) is 1. The second-order valence-corrected chi connectivity index (χ2v) is 6.32. The molecule has 0 bridgehead atoms. The lowest BCUT2D eigenvalue weighted by Gasteiger charge is -2.09. The van der Waals surface area contributed by atoms with E-state index in [4.69, 9.17) is 0 Å². The number of benzene rings is 2. The van der Waals surface area contributed by atoms with Gasteiger partial charge in [0.2, 0.25) is 0 Å². The SMILES string of the molecule is O=[N+]([O-])c1ccccc1NS(=O)(=O)c1ccccc1Br. The summed E-state index contributed by atoms with van der Waals surface area (Å²) in [4.78, 5) is 10.2. The fraction of sp³-hybridized carbons (Fsp3) is 0. The Bertz CT molecular complexity index is 762. The van der Waals surface area contributed by atoms with Gasteiger partial charge in [0.1, 0.15) is 10.6 Å². The third kappa shape index (κ3) is 2.97. The lowest BCUT2D eigenvalue weighted by Crippen LogP contribution is -2.14. The molecule has 0 atom stereocenters. The van der Waals surface area contributed by atoms with E-state index in [9.17, 15) is 18.5 Å². The number of halogens is 1. The zero-order chi connectivity index (χ0) is 14.8. The summed E-state index contributed by atoms with van der Waals surface area (Å²) in [5, 5.41) is 10.9. The van der Waals surface area contributed by atoms with Crippen molar-refractivity contribution >= 4 is 37.3 Å². The standard InChI is InChI=1S/C12H9BrN2O4S/c13-9-5-1-4-8-12(9)20(18,19)14-10-6-2-3-7-11(10)15(16)17/h1-8,14H. The first-order chi connectivity index (χ1) is 9.42. The van der Waals surface area contributed by atoms with Crippen molar-refractivity contribution in [3.63, 3.8) is 0 Å². The van der Waals surface area contributed by atoms with Gasteiger partial charge in [0.25, 0.3) is 15.7 Å². The second kappa shape index (κ2) is 5.59. The van der Waals surface area contributed by atoms with Crippen LogP contribution in [0.5, 0.6) is 0 Å². The van der Waals surface area contributed by atoms with Gasteiger partial charge in [0.15, 0.2) is 0 Å². The van der Waals surface area contributed by atoms with Crippen LogP contribution in [0.15, 0.2) is 57.9 Å². The van der Waals surface area contributed by atoms with Gasteiger partial charge in [0.05, 0.1) is 4.92 Å². The predicted molar refractivity (Wildman–Crippen MR) is 78.0 cm³/mol. The maximum Gasteiger partial charge on any atom is 0.293 e. The molecule has 2 aromatic rings. The van der Waals surface area contributed by atoms with Crippen molar-refractivity contribution in [1.29, 1.82) is 0 Å². The van der Waals surface area contributed by atoms with E-state index >= 15 is 0 Å². The van der Waals surface area contributed by atoms with Crippen LogP contribution in [0.3, 0.4) is 0 Å². The van der Waals surface area contributed by atoms with Gasteiger partial charge in [-0.2, -0.15) is 0 Å². The summed E-state index contributed by atoms with van der Waals surface area (Å²) < 4.78 is 27.1. The van der Waals surface area contributed by atoms with Crippen LogP contribution in [0.1, 0.15) is 0 Å². The summed E-state index contributed by atoms with van der Waals surface area (Å²) in [6.07, 6.45) is 0. The Morgan fingerprint density at radius 3 is 2.30 bits per heavy atom. The van der Waals surface area contributed by atoms with Crippen molar-refractivity contribution < 1.29 is 13.3 Å². The van der Waals surface area contributed by atoms with Crippen LogP contribution in [0.2, 0.25) is 0 Å². The predicted octanol–water partition coefficient (Wildman–Crippen LogP) is 3.16. The number of anilines is 1. The third-order valence-corrected chi connectivity index (χ3v) is 4.85. The van der Waals surface area contributed by atoms with Gasteiger partial charge in [-0.25, -0.2) is 8.42 Å². The number of hydrogen-bond acceptors (Lipinski definition) is 4. The Balaban J connectivity index is 2.45. The Labute approximate surface area is 123 Å². The fourth-order valence-electron chi connectivity index (χ4n) is 1.58. The number of para-hydroxylation sites is 2. The molecule has 2 rings (SSSR count). The molecule has 20 heavy (non-hydrogen) atoms. The first kappa shape index (κ1) is 14.5. The van der Waals surface area contributed by atoms with Crippen LogP contribution in [-0.2, 0) is 10.0 Å². The first-order valence-electron chi connectivity index (χ1n) is 5.42. The molecular formula is C12H9BrN2O4S. The van der Waals surface area contributed by atoms with E-state index in [2.05, 4.69) is 20.7 Å². The zero-order valence-corrected chi connectivity index (χ0v) is 12.4. The number of nitro benzene ring substituents is 1. The largest absolute Gasteiger partial charge is 0.293 e. The first-order valence-corrected chi connectivity index (χ1v) is 7.70. The van der Waals surface area contributed by atoms with Crippen molar-refractivity contribution in [1.82, 2.24) is 0 Å². The molecular weight excluding hydrogens is 348 g/mol. The van der Waals surface area contributed by atoms with Gasteiger partial charge in [-0.05, 0) is 34.1 Å². The molecule has 0 radical (unpaired) electrons. The van der Waals surface area contributed by atoms with Crippen molar-refractivity contribution in [2.45, 2.75) is 4.90 Å². The van der Waals surface area contributed by atoms with Crippen LogP contribution in [-0.4, -0.2) is 13.3 Å². The molecule has 104 valence electrons. The van der Waals surface area contributed by atoms with Crippen molar-refractivity contribution in [3.8, 4) is 0 Å². The Morgan fingerprint density at radius 2 is 1.65 bits per heavy atom. The summed E-state index contributed by atoms with van der Waals surface area (Å²) >= 11 is 3.14. The maximum absolute atomic E-state index is 12.2. The van der Waals surface area contributed by atoms with Gasteiger partial charge >= 0.3 is 0 Å². The van der Waals surface area contributed by atoms with Crippen LogP contribution < -0.4 is 4.72 Å². The molecule has 8 heteroatoms. The van der Waals surface area contributed by atoms with Crippen molar-refractivity contribution in [2.24, 2.45) is 0 Å². The molecule has 0 spiro atoms. The zero-order valence-electron chi connectivity index (χ0n) is 9.99. The smallest absolute Gasteiger partial charge is 0.273 e. The van der Waals surface area contributed by atoms with E-state index in [0.717, 1.165) is 0 Å². The minimum Gasteiger partial charge on any atom is -0.273 e. The molecule has 0 aromatic heterocycles. The summed E-state index contributed by atoms with van der Waals surface area (Å²) in [6.45, 7) is 0. The number of rotatable bonds is 4. The highest BCUT2D eigenvalue weighted by atomic mass is 79.9. The molecule has 0 aliphatic heterocycles. The third-order valence-electron chi connectivity index (χ3n) is 2.47. The monoisotopic (exact) mass is 356 g/mol. The minimum absolute atomic E-state index is 0.0122. The second-order valence-electron chi connectivity index (χ2n) is 3.81. The number of nitrogens with zero attached hydrogens (tertiary/aromatic N) is 1. The molecule has 0 saturated carbocycles. The van der Waals surface area contributed by atoms with Crippen LogP contribution >= 0.6 is 15.9 Å². The quantitative estimate of drug-likeness (QED) is 0.672. The van der Waals surface area contributed by atoms with Gasteiger partial charge in [0, 0.05) is 10.5 Å². The minimum atomic E-state index is -3.90. The molecule has 0 fully saturated rings. The van der Waals surface area contributed by atoms with Crippen LogP contribution in [0.4, 0.5) is 11.4 Å². The van der Waals surface area contributed by atoms with E-state index in [1.165, 1.54) is 30.3 Å². The van der Waals surface area contributed by atoms with Crippen LogP contribution in [0.25, 0.3) is 0 Å². The summed E-state index contributed by atoms with van der Waals surface area (Å²) in [5.41, 5.74) is -0.378. The van der Waals surface area contributed by atoms with Crippen molar-refractivity contribution in [2.75, 3.05) is 4.72 Å². The van der Waals surface area contributed by atoms with E-state index < -0.39 is 14.9 Å². The molecule has 0 amide bonds. The maximum atomic E-state index is 12.2. The molecule has 0 aliphatic carbocycles. The van der Waals surface area contributed by atoms with Gasteiger partial charge in [-0.1, -0.05) is 24.3 Å². The van der Waals surface area contributed by atoms with Crippen LogP contribution in [0, 0.1) is 10.1 Å². The topological polar surface area (TPSA) is 89.3 Å². The normalized spacial score (nSPS) is 11.1. The molecule has 6 nitrogen and oxygen atoms in total. The fourth-order valence-corrected chi connectivity index (χ4v) is 3.66.